The molecule has 0 saturated heterocycles. The molecule has 2 rings (SSSR count). The summed E-state index contributed by atoms with van der Waals surface area (Å²) < 4.78 is 0. The number of aromatic nitrogens is 1. The van der Waals surface area contributed by atoms with Crippen LogP contribution >= 0.6 is 15.9 Å². The quantitative estimate of drug-likeness (QED) is 0.796. The van der Waals surface area contributed by atoms with Gasteiger partial charge in [0.05, 0.1) is 0 Å². The maximum absolute atomic E-state index is 4.15. The van der Waals surface area contributed by atoms with E-state index < -0.39 is 0 Å². The summed E-state index contributed by atoms with van der Waals surface area (Å²) in [7, 11) is 2.11. The van der Waals surface area contributed by atoms with Gasteiger partial charge in [-0.15, -0.1) is 0 Å². The summed E-state index contributed by atoms with van der Waals surface area (Å²) in [6.07, 6.45) is 3.72. The third kappa shape index (κ3) is 3.10. The average Bonchev–Trinajstić information content (AvgIpc) is 2.39. The lowest BCUT2D eigenvalue weighted by molar-refractivity contribution is 0.909. The fourth-order valence-electron chi connectivity index (χ4n) is 2.04. The fourth-order valence-corrected chi connectivity index (χ4v) is 2.49. The SMILES string of the molecule is Cc1ccc(N(C)Cc2cccnc2)c(CBr)c1. The van der Waals surface area contributed by atoms with Crippen LogP contribution in [-0.4, -0.2) is 12.0 Å². The molecule has 0 amide bonds. The van der Waals surface area contributed by atoms with Gasteiger partial charge in [-0.3, -0.25) is 4.98 Å². The molecule has 3 heteroatoms. The largest absolute Gasteiger partial charge is 0.370 e. The van der Waals surface area contributed by atoms with Crippen molar-refractivity contribution in [2.45, 2.75) is 18.8 Å². The number of rotatable bonds is 4. The van der Waals surface area contributed by atoms with Gasteiger partial charge >= 0.3 is 0 Å². The topological polar surface area (TPSA) is 16.1 Å². The fraction of sp³-hybridized carbons (Fsp3) is 0.267. The highest BCUT2D eigenvalue weighted by atomic mass is 79.9. The van der Waals surface area contributed by atoms with E-state index in [-0.39, 0.29) is 0 Å². The van der Waals surface area contributed by atoms with Gasteiger partial charge in [0, 0.05) is 37.0 Å². The zero-order valence-corrected chi connectivity index (χ0v) is 12.3. The highest BCUT2D eigenvalue weighted by Gasteiger charge is 2.07. The second-order valence-electron chi connectivity index (χ2n) is 4.48. The van der Waals surface area contributed by atoms with Crippen molar-refractivity contribution in [1.82, 2.24) is 4.98 Å². The summed E-state index contributed by atoms with van der Waals surface area (Å²) in [5.74, 6) is 0. The van der Waals surface area contributed by atoms with Crippen molar-refractivity contribution in [1.29, 1.82) is 0 Å². The number of halogens is 1. The van der Waals surface area contributed by atoms with Crippen LogP contribution in [0.15, 0.2) is 42.7 Å². The monoisotopic (exact) mass is 304 g/mol. The minimum absolute atomic E-state index is 0.872. The van der Waals surface area contributed by atoms with Gasteiger partial charge in [0.1, 0.15) is 0 Å². The molecule has 1 aromatic heterocycles. The van der Waals surface area contributed by atoms with E-state index in [0.29, 0.717) is 0 Å². The van der Waals surface area contributed by atoms with Crippen molar-refractivity contribution < 1.29 is 0 Å². The van der Waals surface area contributed by atoms with Gasteiger partial charge in [-0.2, -0.15) is 0 Å². The molecule has 0 aliphatic carbocycles. The Hall–Kier alpha value is -1.35. The normalized spacial score (nSPS) is 10.4. The minimum Gasteiger partial charge on any atom is -0.370 e. The van der Waals surface area contributed by atoms with E-state index in [4.69, 9.17) is 0 Å². The molecule has 0 saturated carbocycles. The summed E-state index contributed by atoms with van der Waals surface area (Å²) in [5.41, 5.74) is 5.10. The van der Waals surface area contributed by atoms with Crippen molar-refractivity contribution in [2.75, 3.05) is 11.9 Å². The summed E-state index contributed by atoms with van der Waals surface area (Å²) >= 11 is 3.56. The highest BCUT2D eigenvalue weighted by Crippen LogP contribution is 2.24. The first-order chi connectivity index (χ1) is 8.70. The second-order valence-corrected chi connectivity index (χ2v) is 5.04. The first-order valence-electron chi connectivity index (χ1n) is 5.96. The van der Waals surface area contributed by atoms with E-state index in [1.54, 1.807) is 6.20 Å². The number of pyridine rings is 1. The van der Waals surface area contributed by atoms with E-state index in [1.165, 1.54) is 22.4 Å². The number of anilines is 1. The Morgan fingerprint density at radius 2 is 2.11 bits per heavy atom. The molecule has 0 aliphatic rings. The van der Waals surface area contributed by atoms with Crippen LogP contribution in [0.2, 0.25) is 0 Å². The maximum atomic E-state index is 4.15. The number of hydrogen-bond donors (Lipinski definition) is 0. The zero-order chi connectivity index (χ0) is 13.0. The molecular formula is C15H17BrN2. The number of benzene rings is 1. The van der Waals surface area contributed by atoms with Crippen LogP contribution < -0.4 is 4.90 Å². The molecule has 0 aliphatic heterocycles. The molecule has 0 fully saturated rings. The van der Waals surface area contributed by atoms with Crippen molar-refractivity contribution in [3.05, 3.63) is 59.4 Å². The van der Waals surface area contributed by atoms with Crippen LogP contribution in [0.1, 0.15) is 16.7 Å². The smallest absolute Gasteiger partial charge is 0.0441 e. The summed E-state index contributed by atoms with van der Waals surface area (Å²) in [5, 5.41) is 0.876. The Kier molecular flexibility index (Phi) is 4.37. The van der Waals surface area contributed by atoms with Gasteiger partial charge in [0.15, 0.2) is 0 Å². The number of alkyl halides is 1. The third-order valence-corrected chi connectivity index (χ3v) is 3.54. The Morgan fingerprint density at radius 3 is 2.78 bits per heavy atom. The standard InChI is InChI=1S/C15H17BrN2/c1-12-5-6-15(14(8-12)9-16)18(2)11-13-4-3-7-17-10-13/h3-8,10H,9,11H2,1-2H3. The van der Waals surface area contributed by atoms with Crippen LogP contribution in [0.4, 0.5) is 5.69 Å². The Labute approximate surface area is 117 Å². The van der Waals surface area contributed by atoms with E-state index >= 15 is 0 Å². The Bertz CT molecular complexity index is 511. The van der Waals surface area contributed by atoms with Crippen molar-refractivity contribution >= 4 is 21.6 Å². The Balaban J connectivity index is 2.21. The molecule has 0 radical (unpaired) electrons. The van der Waals surface area contributed by atoms with Gasteiger partial charge in [-0.05, 0) is 30.2 Å². The van der Waals surface area contributed by atoms with Gasteiger partial charge in [-0.1, -0.05) is 39.7 Å². The second kappa shape index (κ2) is 6.01. The maximum Gasteiger partial charge on any atom is 0.0441 e. The third-order valence-electron chi connectivity index (χ3n) is 2.93. The molecule has 1 aromatic carbocycles. The van der Waals surface area contributed by atoms with Crippen LogP contribution in [-0.2, 0) is 11.9 Å². The molecule has 0 spiro atoms. The predicted octanol–water partition coefficient (Wildman–Crippen LogP) is 3.92. The molecule has 2 aromatic rings. The first kappa shape index (κ1) is 13.1. The molecule has 1 heterocycles. The minimum atomic E-state index is 0.872. The number of hydrogen-bond acceptors (Lipinski definition) is 2. The van der Waals surface area contributed by atoms with Gasteiger partial charge in [0.25, 0.3) is 0 Å². The Morgan fingerprint density at radius 1 is 1.28 bits per heavy atom. The average molecular weight is 305 g/mol. The van der Waals surface area contributed by atoms with Gasteiger partial charge < -0.3 is 4.90 Å². The first-order valence-corrected chi connectivity index (χ1v) is 7.08. The van der Waals surface area contributed by atoms with Gasteiger partial charge in [0.2, 0.25) is 0 Å². The van der Waals surface area contributed by atoms with Gasteiger partial charge in [-0.25, -0.2) is 0 Å². The lowest BCUT2D eigenvalue weighted by atomic mass is 10.1. The van der Waals surface area contributed by atoms with Crippen LogP contribution in [0.5, 0.6) is 0 Å². The van der Waals surface area contributed by atoms with E-state index in [1.807, 2.05) is 12.3 Å². The summed E-state index contributed by atoms with van der Waals surface area (Å²) in [6, 6.07) is 10.6. The lowest BCUT2D eigenvalue weighted by Gasteiger charge is -2.22. The van der Waals surface area contributed by atoms with Crippen LogP contribution in [0, 0.1) is 6.92 Å². The molecule has 18 heavy (non-hydrogen) atoms. The van der Waals surface area contributed by atoms with E-state index in [9.17, 15) is 0 Å². The molecular weight excluding hydrogens is 288 g/mol. The number of nitrogens with zero attached hydrogens (tertiary/aromatic N) is 2. The predicted molar refractivity (Wildman–Crippen MR) is 80.2 cm³/mol. The lowest BCUT2D eigenvalue weighted by Crippen LogP contribution is -2.17. The van der Waals surface area contributed by atoms with Crippen LogP contribution in [0.3, 0.4) is 0 Å². The molecule has 0 atom stereocenters. The van der Waals surface area contributed by atoms with Crippen LogP contribution in [0.25, 0.3) is 0 Å². The zero-order valence-electron chi connectivity index (χ0n) is 10.7. The number of aryl methyl sites for hydroxylation is 1. The molecule has 0 unspecified atom stereocenters. The van der Waals surface area contributed by atoms with E-state index in [2.05, 4.69) is 64.1 Å². The summed E-state index contributed by atoms with van der Waals surface area (Å²) in [4.78, 5) is 6.41. The van der Waals surface area contributed by atoms with Crippen molar-refractivity contribution in [3.8, 4) is 0 Å². The molecule has 2 nitrogen and oxygen atoms in total. The molecule has 0 N–H and O–H groups in total. The van der Waals surface area contributed by atoms with Crippen molar-refractivity contribution in [2.24, 2.45) is 0 Å². The van der Waals surface area contributed by atoms with E-state index in [0.717, 1.165) is 11.9 Å². The summed E-state index contributed by atoms with van der Waals surface area (Å²) in [6.45, 7) is 2.99. The van der Waals surface area contributed by atoms with Crippen molar-refractivity contribution in [3.63, 3.8) is 0 Å². The highest BCUT2D eigenvalue weighted by molar-refractivity contribution is 9.08. The molecule has 94 valence electrons. The molecule has 0 bridgehead atoms.